The lowest BCUT2D eigenvalue weighted by atomic mass is 10.2. The van der Waals surface area contributed by atoms with Gasteiger partial charge < -0.3 is 0 Å². The monoisotopic (exact) mass is 337 g/mol. The van der Waals surface area contributed by atoms with Crippen LogP contribution in [0.1, 0.15) is 5.56 Å². The molecule has 2 aromatic rings. The lowest BCUT2D eigenvalue weighted by Crippen LogP contribution is -1.91. The molecule has 9 nitrogen and oxygen atoms in total. The molecule has 23 heavy (non-hydrogen) atoms. The minimum atomic E-state index is -2.29. The predicted molar refractivity (Wildman–Crippen MR) is 81.2 cm³/mol. The number of nitro benzene ring substituents is 2. The summed E-state index contributed by atoms with van der Waals surface area (Å²) in [5.41, 5.74) is 0.352. The van der Waals surface area contributed by atoms with E-state index in [4.69, 9.17) is 0 Å². The highest BCUT2D eigenvalue weighted by molar-refractivity contribution is 7.61. The van der Waals surface area contributed by atoms with Crippen LogP contribution < -0.4 is 0 Å². The average Bonchev–Trinajstić information content (AvgIpc) is 2.54. The fourth-order valence-electron chi connectivity index (χ4n) is 1.43. The van der Waals surface area contributed by atoms with Crippen molar-refractivity contribution < 1.29 is 18.3 Å². The molecule has 120 valence electrons. The number of non-ortho nitro benzene ring substituents is 2. The molecular weight excluding hydrogens is 326 g/mol. The molecule has 0 bridgehead atoms. The number of nitro groups is 2. The molecule has 0 heterocycles. The quantitative estimate of drug-likeness (QED) is 0.622. The Morgan fingerprint density at radius 1 is 0.870 bits per heavy atom. The molecule has 0 aliphatic heterocycles. The SMILES string of the molecule is O=S(=O)=NCc1ccccc1.O=[N+]([O-])c1cccc([N+](=O)[O-])c1. The molecule has 0 spiro atoms. The van der Waals surface area contributed by atoms with Crippen molar-refractivity contribution in [3.63, 3.8) is 0 Å². The van der Waals surface area contributed by atoms with Gasteiger partial charge in [-0.15, -0.1) is 0 Å². The fraction of sp³-hybridized carbons (Fsp3) is 0.0769. The summed E-state index contributed by atoms with van der Waals surface area (Å²) in [6, 6.07) is 13.8. The van der Waals surface area contributed by atoms with Crippen molar-refractivity contribution in [2.75, 3.05) is 0 Å². The minimum absolute atomic E-state index is 0.233. The molecule has 0 radical (unpaired) electrons. The van der Waals surface area contributed by atoms with Crippen molar-refractivity contribution in [3.05, 3.63) is 80.4 Å². The van der Waals surface area contributed by atoms with Gasteiger partial charge in [-0.2, -0.15) is 12.8 Å². The van der Waals surface area contributed by atoms with Crippen LogP contribution in [-0.2, 0) is 17.0 Å². The molecule has 2 aromatic carbocycles. The van der Waals surface area contributed by atoms with Crippen molar-refractivity contribution in [2.24, 2.45) is 4.36 Å². The molecule has 0 unspecified atom stereocenters. The van der Waals surface area contributed by atoms with Gasteiger partial charge in [0.2, 0.25) is 0 Å². The summed E-state index contributed by atoms with van der Waals surface area (Å²) in [6.45, 7) is 0.233. The van der Waals surface area contributed by atoms with Crippen molar-refractivity contribution in [1.29, 1.82) is 0 Å². The van der Waals surface area contributed by atoms with E-state index in [0.717, 1.165) is 11.6 Å². The van der Waals surface area contributed by atoms with Crippen LogP contribution in [0.3, 0.4) is 0 Å². The molecule has 0 aromatic heterocycles. The second-order valence-corrected chi connectivity index (χ2v) is 4.72. The minimum Gasteiger partial charge on any atom is -0.258 e. The fourth-order valence-corrected chi connectivity index (χ4v) is 1.69. The van der Waals surface area contributed by atoms with E-state index in [1.165, 1.54) is 18.2 Å². The number of rotatable bonds is 4. The Labute approximate surface area is 132 Å². The Kier molecular flexibility index (Phi) is 7.01. The summed E-state index contributed by atoms with van der Waals surface area (Å²) in [5, 5.41) is 20.3. The summed E-state index contributed by atoms with van der Waals surface area (Å²) >= 11 is 0. The molecule has 0 saturated heterocycles. The first-order valence-corrected chi connectivity index (χ1v) is 7.13. The van der Waals surface area contributed by atoms with Crippen LogP contribution in [0.5, 0.6) is 0 Å². The Balaban J connectivity index is 0.000000231. The van der Waals surface area contributed by atoms with E-state index in [-0.39, 0.29) is 17.9 Å². The van der Waals surface area contributed by atoms with Gasteiger partial charge in [0.15, 0.2) is 0 Å². The smallest absolute Gasteiger partial charge is 0.258 e. The van der Waals surface area contributed by atoms with E-state index in [9.17, 15) is 28.6 Å². The summed E-state index contributed by atoms with van der Waals surface area (Å²) in [5.74, 6) is 0. The maximum Gasteiger partial charge on any atom is 0.311 e. The Morgan fingerprint density at radius 3 is 1.83 bits per heavy atom. The first-order valence-electron chi connectivity index (χ1n) is 6.10. The van der Waals surface area contributed by atoms with Gasteiger partial charge in [-0.1, -0.05) is 30.3 Å². The predicted octanol–water partition coefficient (Wildman–Crippen LogP) is 2.75. The first kappa shape index (κ1) is 17.9. The Bertz CT molecular complexity index is 783. The van der Waals surface area contributed by atoms with Gasteiger partial charge >= 0.3 is 10.5 Å². The Morgan fingerprint density at radius 2 is 1.39 bits per heavy atom. The van der Waals surface area contributed by atoms with E-state index < -0.39 is 20.3 Å². The maximum atomic E-state index is 10.2. The lowest BCUT2D eigenvalue weighted by Gasteiger charge is -1.90. The molecular formula is C13H11N3O6S. The van der Waals surface area contributed by atoms with Crippen LogP contribution in [0.2, 0.25) is 0 Å². The number of nitrogens with zero attached hydrogens (tertiary/aromatic N) is 3. The third kappa shape index (κ3) is 6.91. The average molecular weight is 337 g/mol. The summed E-state index contributed by atoms with van der Waals surface area (Å²) in [6.07, 6.45) is 0. The lowest BCUT2D eigenvalue weighted by molar-refractivity contribution is -0.394. The zero-order chi connectivity index (χ0) is 17.2. The topological polar surface area (TPSA) is 133 Å². The highest BCUT2D eigenvalue weighted by Crippen LogP contribution is 2.18. The van der Waals surface area contributed by atoms with Crippen LogP contribution in [-0.4, -0.2) is 18.3 Å². The van der Waals surface area contributed by atoms with Gasteiger partial charge in [0.25, 0.3) is 11.4 Å². The zero-order valence-corrected chi connectivity index (χ0v) is 12.4. The van der Waals surface area contributed by atoms with Crippen LogP contribution in [0.4, 0.5) is 11.4 Å². The molecule has 0 amide bonds. The molecule has 0 aliphatic rings. The number of benzene rings is 2. The van der Waals surface area contributed by atoms with Gasteiger partial charge in [-0.05, 0) is 11.6 Å². The molecule has 2 rings (SSSR count). The van der Waals surface area contributed by atoms with E-state index in [0.29, 0.717) is 0 Å². The van der Waals surface area contributed by atoms with E-state index in [1.54, 1.807) is 0 Å². The highest BCUT2D eigenvalue weighted by atomic mass is 32.2. The van der Waals surface area contributed by atoms with Crippen LogP contribution in [0, 0.1) is 20.2 Å². The van der Waals surface area contributed by atoms with Gasteiger partial charge in [-0.3, -0.25) is 20.2 Å². The first-order chi connectivity index (χ1) is 10.9. The van der Waals surface area contributed by atoms with Crippen molar-refractivity contribution in [1.82, 2.24) is 0 Å². The molecule has 10 heteroatoms. The highest BCUT2D eigenvalue weighted by Gasteiger charge is 2.11. The van der Waals surface area contributed by atoms with Crippen molar-refractivity contribution in [3.8, 4) is 0 Å². The van der Waals surface area contributed by atoms with Gasteiger partial charge in [0.1, 0.15) is 0 Å². The van der Waals surface area contributed by atoms with Gasteiger partial charge in [0.05, 0.1) is 22.5 Å². The molecule has 0 fully saturated rings. The molecule has 0 atom stereocenters. The number of hydrogen-bond donors (Lipinski definition) is 0. The second kappa shape index (κ2) is 9.00. The zero-order valence-electron chi connectivity index (χ0n) is 11.6. The largest absolute Gasteiger partial charge is 0.311 e. The van der Waals surface area contributed by atoms with Crippen LogP contribution in [0.15, 0.2) is 59.0 Å². The van der Waals surface area contributed by atoms with Crippen molar-refractivity contribution >= 4 is 21.9 Å². The standard InChI is InChI=1S/C7H7NO2S.C6H4N2O4/c9-11(10)8-6-7-4-2-1-3-5-7;9-7(10)5-2-1-3-6(4-5)8(11)12/h1-5H,6H2;1-4H. The second-order valence-electron chi connectivity index (χ2n) is 4.02. The van der Waals surface area contributed by atoms with E-state index >= 15 is 0 Å². The summed E-state index contributed by atoms with van der Waals surface area (Å²) in [4.78, 5) is 19.0. The summed E-state index contributed by atoms with van der Waals surface area (Å²) < 4.78 is 23.3. The van der Waals surface area contributed by atoms with E-state index in [1.807, 2.05) is 30.3 Å². The third-order valence-corrected chi connectivity index (χ3v) is 2.79. The van der Waals surface area contributed by atoms with Crippen molar-refractivity contribution in [2.45, 2.75) is 6.54 Å². The molecule has 0 N–H and O–H groups in total. The van der Waals surface area contributed by atoms with Gasteiger partial charge in [-0.25, -0.2) is 0 Å². The molecule has 0 saturated carbocycles. The van der Waals surface area contributed by atoms with E-state index in [2.05, 4.69) is 4.36 Å². The molecule has 0 aliphatic carbocycles. The van der Waals surface area contributed by atoms with Gasteiger partial charge in [0, 0.05) is 12.1 Å². The summed E-state index contributed by atoms with van der Waals surface area (Å²) in [7, 11) is -2.29. The van der Waals surface area contributed by atoms with Crippen LogP contribution in [0.25, 0.3) is 0 Å². The normalized spacial score (nSPS) is 9.22. The Hall–Kier alpha value is -3.14. The maximum absolute atomic E-state index is 10.2. The third-order valence-electron chi connectivity index (χ3n) is 2.45. The number of hydrogen-bond acceptors (Lipinski definition) is 7. The van der Waals surface area contributed by atoms with Crippen LogP contribution >= 0.6 is 0 Å².